The number of hydrogen-bond donors (Lipinski definition) is 0. The summed E-state index contributed by atoms with van der Waals surface area (Å²) in [7, 11) is 0. The van der Waals surface area contributed by atoms with Crippen molar-refractivity contribution in [1.29, 1.82) is 0 Å². The Morgan fingerprint density at radius 3 is 2.21 bits per heavy atom. The fourth-order valence-corrected chi connectivity index (χ4v) is 8.92. The molecule has 3 aromatic rings. The molecule has 0 unspecified atom stereocenters. The van der Waals surface area contributed by atoms with Crippen LogP contribution in [0.3, 0.4) is 0 Å². The maximum absolute atomic E-state index is 14.0. The van der Waals surface area contributed by atoms with Gasteiger partial charge in [0.05, 0.1) is 11.3 Å². The highest BCUT2D eigenvalue weighted by Crippen LogP contribution is 2.61. The van der Waals surface area contributed by atoms with Crippen LogP contribution in [0.2, 0.25) is 0 Å². The van der Waals surface area contributed by atoms with Crippen molar-refractivity contribution in [3.63, 3.8) is 0 Å². The smallest absolute Gasteiger partial charge is 0.192 e. The van der Waals surface area contributed by atoms with Crippen LogP contribution in [0.4, 0.5) is 0 Å². The topological polar surface area (TPSA) is 57.0 Å². The summed E-state index contributed by atoms with van der Waals surface area (Å²) in [5, 5.41) is 9.84. The van der Waals surface area contributed by atoms with E-state index >= 15 is 0 Å². The van der Waals surface area contributed by atoms with E-state index in [1.165, 1.54) is 30.4 Å². The molecule has 0 saturated heterocycles. The lowest BCUT2D eigenvalue weighted by Crippen LogP contribution is -2.51. The summed E-state index contributed by atoms with van der Waals surface area (Å²) in [4.78, 5) is 14.0. The van der Waals surface area contributed by atoms with Gasteiger partial charge < -0.3 is 4.74 Å². The summed E-state index contributed by atoms with van der Waals surface area (Å²) in [5.41, 5.74) is 2.37. The molecule has 4 fully saturated rings. The lowest BCUT2D eigenvalue weighted by Gasteiger charge is -2.56. The number of nitrogens with zero attached hydrogens (tertiary/aromatic N) is 3. The van der Waals surface area contributed by atoms with Gasteiger partial charge in [-0.15, -0.1) is 10.2 Å². The van der Waals surface area contributed by atoms with E-state index in [0.717, 1.165) is 60.2 Å². The predicted molar refractivity (Wildman–Crippen MR) is 151 cm³/mol. The minimum Gasteiger partial charge on any atom is -0.486 e. The Balaban J connectivity index is 1.24. The molecule has 1 aromatic heterocycles. The molecular formula is C32H39N3O2S. The first-order chi connectivity index (χ1) is 18.4. The molecular weight excluding hydrogens is 490 g/mol. The van der Waals surface area contributed by atoms with Crippen LogP contribution in [-0.4, -0.2) is 25.8 Å². The van der Waals surface area contributed by atoms with Crippen molar-refractivity contribution >= 4 is 17.5 Å². The van der Waals surface area contributed by atoms with E-state index in [4.69, 9.17) is 4.74 Å². The first-order valence-corrected chi connectivity index (χ1v) is 15.2. The van der Waals surface area contributed by atoms with E-state index in [0.29, 0.717) is 12.4 Å². The van der Waals surface area contributed by atoms with Crippen LogP contribution in [0.5, 0.6) is 5.75 Å². The molecule has 200 valence electrons. The second-order valence-corrected chi connectivity index (χ2v) is 13.3. The van der Waals surface area contributed by atoms with Gasteiger partial charge in [-0.3, -0.25) is 9.36 Å². The fourth-order valence-electron chi connectivity index (χ4n) is 7.78. The number of ether oxygens (including phenoxy) is 1. The standard InChI is InChI=1S/C32H39N3O2S/c1-4-23-10-12-28(13-11-23)37-20-29-33-34-31(35(29)21(2)27-8-6-5-7-9-27)38-22(3)30(36)32-17-24-14-25(18-32)16-26(15-24)19-32/h5-13,21-22,24-26H,4,14-20H2,1-3H3/t21-,22-,24?,25?,26?,32?/m0/s1. The number of aryl methyl sites for hydroxylation is 1. The normalized spacial score (nSPS) is 27.3. The lowest BCUT2D eigenvalue weighted by molar-refractivity contribution is -0.143. The van der Waals surface area contributed by atoms with Gasteiger partial charge in [0.25, 0.3) is 0 Å². The van der Waals surface area contributed by atoms with Gasteiger partial charge in [-0.25, -0.2) is 0 Å². The summed E-state index contributed by atoms with van der Waals surface area (Å²) in [6, 6.07) is 18.7. The molecule has 4 aliphatic carbocycles. The van der Waals surface area contributed by atoms with Gasteiger partial charge in [0.15, 0.2) is 16.8 Å². The van der Waals surface area contributed by atoms with Crippen molar-refractivity contribution in [2.45, 2.75) is 88.8 Å². The van der Waals surface area contributed by atoms with Crippen molar-refractivity contribution in [3.8, 4) is 5.75 Å². The van der Waals surface area contributed by atoms with Crippen LogP contribution in [0.15, 0.2) is 59.8 Å². The summed E-state index contributed by atoms with van der Waals surface area (Å²) in [5.74, 6) is 4.33. The van der Waals surface area contributed by atoms with Crippen LogP contribution in [-0.2, 0) is 17.8 Å². The van der Waals surface area contributed by atoms with Crippen LogP contribution in [0.25, 0.3) is 0 Å². The SMILES string of the molecule is CCc1ccc(OCc2nnc(S[C@@H](C)C(=O)C34CC5CC(CC(C5)C3)C4)n2[C@@H](C)c2ccccc2)cc1. The van der Waals surface area contributed by atoms with Crippen LogP contribution >= 0.6 is 11.8 Å². The second kappa shape index (κ2) is 10.5. The molecule has 1 heterocycles. The third-order valence-electron chi connectivity index (χ3n) is 9.32. The zero-order valence-electron chi connectivity index (χ0n) is 22.8. The molecule has 0 amide bonds. The maximum atomic E-state index is 14.0. The van der Waals surface area contributed by atoms with Gasteiger partial charge in [0, 0.05) is 5.41 Å². The molecule has 0 aliphatic heterocycles. The highest BCUT2D eigenvalue weighted by molar-refractivity contribution is 8.00. The maximum Gasteiger partial charge on any atom is 0.192 e. The number of hydrogen-bond acceptors (Lipinski definition) is 5. The summed E-state index contributed by atoms with van der Waals surface area (Å²) in [6.45, 7) is 6.74. The molecule has 2 atom stereocenters. The summed E-state index contributed by atoms with van der Waals surface area (Å²) < 4.78 is 8.32. The Kier molecular flexibility index (Phi) is 7.10. The number of carbonyl (C=O) groups is 1. The largest absolute Gasteiger partial charge is 0.486 e. The average Bonchev–Trinajstić information content (AvgIpc) is 3.33. The quantitative estimate of drug-likeness (QED) is 0.258. The number of benzene rings is 2. The first-order valence-electron chi connectivity index (χ1n) is 14.4. The van der Waals surface area contributed by atoms with Gasteiger partial charge in [0.1, 0.15) is 12.4 Å². The van der Waals surface area contributed by atoms with E-state index in [9.17, 15) is 4.79 Å². The number of rotatable bonds is 10. The van der Waals surface area contributed by atoms with Crippen LogP contribution < -0.4 is 4.74 Å². The van der Waals surface area contributed by atoms with Crippen LogP contribution in [0, 0.1) is 23.2 Å². The molecule has 0 spiro atoms. The molecule has 6 heteroatoms. The van der Waals surface area contributed by atoms with E-state index < -0.39 is 0 Å². The Morgan fingerprint density at radius 2 is 1.61 bits per heavy atom. The van der Waals surface area contributed by atoms with Gasteiger partial charge in [-0.1, -0.05) is 61.2 Å². The molecule has 4 aliphatic rings. The van der Waals surface area contributed by atoms with E-state index in [2.05, 4.69) is 71.9 Å². The average molecular weight is 530 g/mol. The lowest BCUT2D eigenvalue weighted by atomic mass is 9.48. The molecule has 0 radical (unpaired) electrons. The van der Waals surface area contributed by atoms with E-state index in [-0.39, 0.29) is 16.7 Å². The summed E-state index contributed by atoms with van der Waals surface area (Å²) >= 11 is 1.58. The number of Topliss-reactive ketones (excluding diaryl/α,β-unsaturated/α-hetero) is 1. The van der Waals surface area contributed by atoms with E-state index in [1.807, 2.05) is 18.2 Å². The van der Waals surface area contributed by atoms with Crippen LogP contribution in [0.1, 0.15) is 82.3 Å². The van der Waals surface area contributed by atoms with Crippen molar-refractivity contribution in [3.05, 3.63) is 71.5 Å². The minimum absolute atomic E-state index is 0.0246. The minimum atomic E-state index is -0.146. The zero-order valence-corrected chi connectivity index (χ0v) is 23.6. The molecule has 0 N–H and O–H groups in total. The molecule has 4 bridgehead atoms. The van der Waals surface area contributed by atoms with Crippen molar-refractivity contribution in [2.75, 3.05) is 0 Å². The van der Waals surface area contributed by atoms with Crippen molar-refractivity contribution in [2.24, 2.45) is 23.2 Å². The van der Waals surface area contributed by atoms with Crippen molar-refractivity contribution in [1.82, 2.24) is 14.8 Å². The number of thioether (sulfide) groups is 1. The van der Waals surface area contributed by atoms with Crippen molar-refractivity contribution < 1.29 is 9.53 Å². The molecule has 4 saturated carbocycles. The fraction of sp³-hybridized carbons (Fsp3) is 0.531. The monoisotopic (exact) mass is 529 g/mol. The zero-order chi connectivity index (χ0) is 26.3. The first kappa shape index (κ1) is 25.7. The highest BCUT2D eigenvalue weighted by atomic mass is 32.2. The van der Waals surface area contributed by atoms with E-state index in [1.54, 1.807) is 11.8 Å². The van der Waals surface area contributed by atoms with Gasteiger partial charge in [0.2, 0.25) is 0 Å². The van der Waals surface area contributed by atoms with Gasteiger partial charge in [-0.05, 0) is 99.8 Å². The molecule has 7 rings (SSSR count). The Labute approximate surface area is 230 Å². The molecule has 2 aromatic carbocycles. The highest BCUT2D eigenvalue weighted by Gasteiger charge is 2.55. The van der Waals surface area contributed by atoms with Gasteiger partial charge >= 0.3 is 0 Å². The summed E-state index contributed by atoms with van der Waals surface area (Å²) in [6.07, 6.45) is 8.36. The second-order valence-electron chi connectivity index (χ2n) is 12.0. The molecule has 5 nitrogen and oxygen atoms in total. The number of carbonyl (C=O) groups excluding carboxylic acids is 1. The Bertz CT molecular complexity index is 1230. The Hall–Kier alpha value is -2.60. The number of ketones is 1. The van der Waals surface area contributed by atoms with Gasteiger partial charge in [-0.2, -0.15) is 0 Å². The number of aromatic nitrogens is 3. The third kappa shape index (κ3) is 4.92. The Morgan fingerprint density at radius 1 is 0.974 bits per heavy atom. The molecule has 38 heavy (non-hydrogen) atoms. The third-order valence-corrected chi connectivity index (χ3v) is 10.4. The predicted octanol–water partition coefficient (Wildman–Crippen LogP) is 7.29.